The molecule has 2 rings (SSSR count). The monoisotopic (exact) mass is 333 g/mol. The number of nitrogens with zero attached hydrogens (tertiary/aromatic N) is 1. The van der Waals surface area contributed by atoms with Crippen LogP contribution in [-0.4, -0.2) is 41.1 Å². The molecule has 0 radical (unpaired) electrons. The summed E-state index contributed by atoms with van der Waals surface area (Å²) in [5.74, 6) is 0.349. The van der Waals surface area contributed by atoms with E-state index in [2.05, 4.69) is 0 Å². The van der Waals surface area contributed by atoms with E-state index in [0.717, 1.165) is 11.1 Å². The third-order valence-electron chi connectivity index (χ3n) is 5.01. The topological polar surface area (TPSA) is 66.8 Å². The number of likely N-dealkylation sites (tertiary alicyclic amines) is 1. The maximum atomic E-state index is 12.6. The normalized spacial score (nSPS) is 18.1. The van der Waals surface area contributed by atoms with Crippen LogP contribution in [0.3, 0.4) is 0 Å². The van der Waals surface area contributed by atoms with Crippen molar-refractivity contribution in [3.63, 3.8) is 0 Å². The predicted molar refractivity (Wildman–Crippen MR) is 91.8 cm³/mol. The number of aliphatic hydroxyl groups excluding tert-OH is 1. The van der Waals surface area contributed by atoms with E-state index in [0.29, 0.717) is 18.6 Å². The summed E-state index contributed by atoms with van der Waals surface area (Å²) in [7, 11) is 0. The van der Waals surface area contributed by atoms with Crippen LogP contribution >= 0.6 is 0 Å². The fourth-order valence-electron chi connectivity index (χ4n) is 3.16. The van der Waals surface area contributed by atoms with Crippen LogP contribution in [0, 0.1) is 19.3 Å². The lowest BCUT2D eigenvalue weighted by Gasteiger charge is -2.25. The molecular formula is C19H27NO4. The molecule has 5 nitrogen and oxygen atoms in total. The summed E-state index contributed by atoms with van der Waals surface area (Å²) in [4.78, 5) is 25.9. The Morgan fingerprint density at radius 3 is 2.50 bits per heavy atom. The van der Waals surface area contributed by atoms with E-state index in [4.69, 9.17) is 4.74 Å². The lowest BCUT2D eigenvalue weighted by molar-refractivity contribution is -0.143. The van der Waals surface area contributed by atoms with Crippen molar-refractivity contribution in [3.8, 4) is 5.75 Å². The van der Waals surface area contributed by atoms with Crippen molar-refractivity contribution in [2.24, 2.45) is 5.41 Å². The van der Waals surface area contributed by atoms with Gasteiger partial charge in [0.2, 0.25) is 11.8 Å². The van der Waals surface area contributed by atoms with Crippen LogP contribution in [0.15, 0.2) is 18.2 Å². The average molecular weight is 333 g/mol. The second kappa shape index (κ2) is 7.34. The zero-order valence-electron chi connectivity index (χ0n) is 15.0. The Bertz CT molecular complexity index is 622. The Kier molecular flexibility index (Phi) is 5.65. The number of benzene rings is 1. The maximum absolute atomic E-state index is 12.6. The Labute approximate surface area is 143 Å². The van der Waals surface area contributed by atoms with E-state index in [9.17, 15) is 14.7 Å². The number of aliphatic hydroxyl groups is 1. The molecule has 0 aliphatic carbocycles. The van der Waals surface area contributed by atoms with Gasteiger partial charge >= 0.3 is 0 Å². The summed E-state index contributed by atoms with van der Waals surface area (Å²) in [6.45, 7) is 7.80. The zero-order valence-corrected chi connectivity index (χ0v) is 15.0. The molecule has 1 fully saturated rings. The van der Waals surface area contributed by atoms with Crippen LogP contribution in [0.2, 0.25) is 0 Å². The number of carbonyl (C=O) groups excluding carboxylic acids is 2. The Hall–Kier alpha value is -1.88. The van der Waals surface area contributed by atoms with E-state index in [1.165, 1.54) is 4.90 Å². The third-order valence-corrected chi connectivity index (χ3v) is 5.01. The molecule has 1 saturated heterocycles. The molecule has 2 amide bonds. The van der Waals surface area contributed by atoms with Gasteiger partial charge in [0, 0.05) is 6.42 Å². The van der Waals surface area contributed by atoms with Crippen LogP contribution in [0.1, 0.15) is 44.2 Å². The van der Waals surface area contributed by atoms with Crippen LogP contribution in [-0.2, 0) is 9.59 Å². The van der Waals surface area contributed by atoms with Crippen LogP contribution in [0.4, 0.5) is 0 Å². The van der Waals surface area contributed by atoms with E-state index in [1.54, 1.807) is 0 Å². The number of amides is 2. The first kappa shape index (κ1) is 18.5. The highest BCUT2D eigenvalue weighted by Gasteiger charge is 2.49. The molecule has 0 saturated carbocycles. The Balaban J connectivity index is 1.97. The molecule has 1 aromatic carbocycles. The first-order valence-corrected chi connectivity index (χ1v) is 8.56. The fraction of sp³-hybridized carbons (Fsp3) is 0.579. The second-order valence-corrected chi connectivity index (χ2v) is 6.71. The van der Waals surface area contributed by atoms with Crippen molar-refractivity contribution in [1.29, 1.82) is 0 Å². The summed E-state index contributed by atoms with van der Waals surface area (Å²) in [5, 5.41) is 10.2. The summed E-state index contributed by atoms with van der Waals surface area (Å²) < 4.78 is 5.67. The highest BCUT2D eigenvalue weighted by molar-refractivity contribution is 6.05. The third kappa shape index (κ3) is 3.61. The SMILES string of the molecule is CCC1(CC)CC(=O)N(CC(O)COc2cc(C)ccc2C)C1=O. The predicted octanol–water partition coefficient (Wildman–Crippen LogP) is 2.61. The van der Waals surface area contributed by atoms with Gasteiger partial charge in [-0.1, -0.05) is 26.0 Å². The van der Waals surface area contributed by atoms with Gasteiger partial charge in [-0.05, 0) is 43.9 Å². The van der Waals surface area contributed by atoms with Gasteiger partial charge in [0.1, 0.15) is 18.5 Å². The minimum Gasteiger partial charge on any atom is -0.491 e. The molecule has 0 bridgehead atoms. The number of imide groups is 1. The number of ether oxygens (including phenoxy) is 1. The standard InChI is InChI=1S/C19H27NO4/c1-5-19(6-2)10-17(22)20(18(19)23)11-15(21)12-24-16-9-13(3)7-8-14(16)4/h7-9,15,21H,5-6,10-12H2,1-4H3. The molecule has 1 aliphatic heterocycles. The van der Waals surface area contributed by atoms with E-state index in [-0.39, 0.29) is 31.4 Å². The van der Waals surface area contributed by atoms with Gasteiger partial charge in [-0.25, -0.2) is 0 Å². The number of carbonyl (C=O) groups is 2. The van der Waals surface area contributed by atoms with Gasteiger partial charge in [0.25, 0.3) is 0 Å². The molecule has 1 unspecified atom stereocenters. The summed E-state index contributed by atoms with van der Waals surface area (Å²) >= 11 is 0. The Morgan fingerprint density at radius 2 is 1.92 bits per heavy atom. The zero-order chi connectivity index (χ0) is 17.9. The van der Waals surface area contributed by atoms with Gasteiger partial charge in [0.15, 0.2) is 0 Å². The highest BCUT2D eigenvalue weighted by Crippen LogP contribution is 2.39. The Morgan fingerprint density at radius 1 is 1.25 bits per heavy atom. The number of rotatable bonds is 7. The lowest BCUT2D eigenvalue weighted by atomic mass is 9.81. The summed E-state index contributed by atoms with van der Waals surface area (Å²) in [6.07, 6.45) is 0.616. The molecule has 1 heterocycles. The lowest BCUT2D eigenvalue weighted by Crippen LogP contribution is -2.41. The van der Waals surface area contributed by atoms with Crippen LogP contribution in [0.5, 0.6) is 5.75 Å². The minimum absolute atomic E-state index is 0.00964. The largest absolute Gasteiger partial charge is 0.491 e. The van der Waals surface area contributed by atoms with Crippen molar-refractivity contribution < 1.29 is 19.4 Å². The molecule has 1 atom stereocenters. The van der Waals surface area contributed by atoms with Crippen LogP contribution in [0.25, 0.3) is 0 Å². The van der Waals surface area contributed by atoms with E-state index in [1.807, 2.05) is 45.9 Å². The molecule has 132 valence electrons. The van der Waals surface area contributed by atoms with Gasteiger partial charge < -0.3 is 9.84 Å². The molecule has 1 aromatic rings. The number of hydrogen-bond donors (Lipinski definition) is 1. The molecule has 5 heteroatoms. The highest BCUT2D eigenvalue weighted by atomic mass is 16.5. The molecule has 24 heavy (non-hydrogen) atoms. The molecule has 1 N–H and O–H groups in total. The number of β-amino-alcohol motifs (C(OH)–C–C–N with tert-alkyl or cyclic N) is 1. The van der Waals surface area contributed by atoms with Gasteiger partial charge in [-0.2, -0.15) is 0 Å². The molecular weight excluding hydrogens is 306 g/mol. The van der Waals surface area contributed by atoms with Crippen molar-refractivity contribution in [2.45, 2.75) is 53.1 Å². The van der Waals surface area contributed by atoms with Gasteiger partial charge in [-0.3, -0.25) is 14.5 Å². The smallest absolute Gasteiger partial charge is 0.235 e. The molecule has 0 spiro atoms. The second-order valence-electron chi connectivity index (χ2n) is 6.71. The van der Waals surface area contributed by atoms with Crippen molar-refractivity contribution in [3.05, 3.63) is 29.3 Å². The van der Waals surface area contributed by atoms with E-state index >= 15 is 0 Å². The van der Waals surface area contributed by atoms with Gasteiger partial charge in [-0.15, -0.1) is 0 Å². The maximum Gasteiger partial charge on any atom is 0.235 e. The molecule has 0 aromatic heterocycles. The first-order valence-electron chi connectivity index (χ1n) is 8.56. The average Bonchev–Trinajstić information content (AvgIpc) is 2.80. The number of aryl methyl sites for hydroxylation is 2. The number of hydrogen-bond acceptors (Lipinski definition) is 4. The quantitative estimate of drug-likeness (QED) is 0.779. The van der Waals surface area contributed by atoms with Crippen LogP contribution < -0.4 is 4.74 Å². The minimum atomic E-state index is -0.901. The summed E-state index contributed by atoms with van der Waals surface area (Å²) in [5.41, 5.74) is 1.47. The fourth-order valence-corrected chi connectivity index (χ4v) is 3.16. The molecule has 1 aliphatic rings. The van der Waals surface area contributed by atoms with Crippen molar-refractivity contribution in [1.82, 2.24) is 4.90 Å². The van der Waals surface area contributed by atoms with Crippen molar-refractivity contribution in [2.75, 3.05) is 13.2 Å². The van der Waals surface area contributed by atoms with Gasteiger partial charge in [0.05, 0.1) is 12.0 Å². The van der Waals surface area contributed by atoms with E-state index < -0.39 is 11.5 Å². The first-order chi connectivity index (χ1) is 11.3. The summed E-state index contributed by atoms with van der Waals surface area (Å²) in [6, 6.07) is 5.87. The van der Waals surface area contributed by atoms with Crippen molar-refractivity contribution >= 4 is 11.8 Å².